The summed E-state index contributed by atoms with van der Waals surface area (Å²) >= 11 is 1.40. The summed E-state index contributed by atoms with van der Waals surface area (Å²) in [6, 6.07) is 2.29. The van der Waals surface area contributed by atoms with Crippen molar-refractivity contribution in [1.29, 1.82) is 0 Å². The summed E-state index contributed by atoms with van der Waals surface area (Å²) in [6.45, 7) is 5.92. The van der Waals surface area contributed by atoms with E-state index in [1.807, 2.05) is 0 Å². The molecule has 1 fully saturated rings. The van der Waals surface area contributed by atoms with Crippen molar-refractivity contribution in [2.75, 3.05) is 25.6 Å². The van der Waals surface area contributed by atoms with Crippen LogP contribution in [0.25, 0.3) is 0 Å². The van der Waals surface area contributed by atoms with Crippen LogP contribution in [0.4, 0.5) is 14.5 Å². The standard InChI is InChI=1S/C22H23F2N5O3S/c1-4-5-32-17-10-26-15(9-27-17)19(30)28-12-6-13(18(24)14(23)7-12)21(2)16-8-22(16,11-31-3)33-20(25)29-21/h4,6-7,9-10,16H,1,5,8,11H2,2-3H3,(H2,25,29)(H,28,30)/t16-,21+,22+/m0/s1. The lowest BCUT2D eigenvalue weighted by Gasteiger charge is -2.34. The fraction of sp³-hybridized carbons (Fsp3) is 0.364. The van der Waals surface area contributed by atoms with E-state index in [1.54, 1.807) is 20.1 Å². The zero-order chi connectivity index (χ0) is 23.8. The number of rotatable bonds is 8. The molecule has 0 radical (unpaired) electrons. The van der Waals surface area contributed by atoms with Crippen molar-refractivity contribution in [3.63, 3.8) is 0 Å². The molecule has 1 amide bonds. The van der Waals surface area contributed by atoms with Gasteiger partial charge in [0.15, 0.2) is 16.8 Å². The molecule has 3 atom stereocenters. The van der Waals surface area contributed by atoms with Gasteiger partial charge in [0, 0.05) is 30.3 Å². The molecule has 2 aromatic rings. The van der Waals surface area contributed by atoms with Gasteiger partial charge in [-0.2, -0.15) is 0 Å². The summed E-state index contributed by atoms with van der Waals surface area (Å²) in [5.74, 6) is -2.64. The van der Waals surface area contributed by atoms with E-state index in [1.165, 1.54) is 30.2 Å². The van der Waals surface area contributed by atoms with E-state index in [2.05, 4.69) is 26.9 Å². The lowest BCUT2D eigenvalue weighted by atomic mass is 9.85. The van der Waals surface area contributed by atoms with Crippen molar-refractivity contribution in [2.45, 2.75) is 23.6 Å². The van der Waals surface area contributed by atoms with E-state index in [9.17, 15) is 13.6 Å². The molecule has 3 N–H and O–H groups in total. The first-order chi connectivity index (χ1) is 15.7. The van der Waals surface area contributed by atoms with Gasteiger partial charge in [-0.25, -0.2) is 18.7 Å². The van der Waals surface area contributed by atoms with Crippen LogP contribution >= 0.6 is 11.8 Å². The Kier molecular flexibility index (Phi) is 6.10. The number of fused-ring (bicyclic) bond motifs is 1. The summed E-state index contributed by atoms with van der Waals surface area (Å²) in [6.07, 6.45) is 4.76. The molecule has 8 nitrogen and oxygen atoms in total. The van der Waals surface area contributed by atoms with Gasteiger partial charge >= 0.3 is 0 Å². The molecule has 2 aliphatic rings. The van der Waals surface area contributed by atoms with Crippen LogP contribution in [0.2, 0.25) is 0 Å². The van der Waals surface area contributed by atoms with Gasteiger partial charge in [-0.05, 0) is 19.4 Å². The average Bonchev–Trinajstić information content (AvgIpc) is 3.49. The number of nitrogens with two attached hydrogens (primary N) is 1. The highest BCUT2D eigenvalue weighted by Crippen LogP contribution is 2.66. The first kappa shape index (κ1) is 23.1. The van der Waals surface area contributed by atoms with Gasteiger partial charge in [-0.1, -0.05) is 24.4 Å². The Balaban J connectivity index is 1.61. The van der Waals surface area contributed by atoms with Gasteiger partial charge in [-0.15, -0.1) is 0 Å². The maximum atomic E-state index is 15.0. The summed E-state index contributed by atoms with van der Waals surface area (Å²) < 4.78 is 39.8. The van der Waals surface area contributed by atoms with Gasteiger partial charge in [0.2, 0.25) is 5.88 Å². The predicted molar refractivity (Wildman–Crippen MR) is 121 cm³/mol. The van der Waals surface area contributed by atoms with Crippen LogP contribution in [0.1, 0.15) is 29.4 Å². The lowest BCUT2D eigenvalue weighted by Crippen LogP contribution is -2.38. The number of benzene rings is 1. The van der Waals surface area contributed by atoms with E-state index in [0.717, 1.165) is 6.07 Å². The number of nitrogens with one attached hydrogen (secondary N) is 1. The van der Waals surface area contributed by atoms with Crippen LogP contribution in [0, 0.1) is 17.6 Å². The number of carbonyl (C=O) groups excluding carboxylic acids is 1. The second-order valence-electron chi connectivity index (χ2n) is 8.07. The number of aromatic nitrogens is 2. The highest BCUT2D eigenvalue weighted by atomic mass is 32.2. The minimum absolute atomic E-state index is 0.0169. The van der Waals surface area contributed by atoms with Crippen molar-refractivity contribution < 1.29 is 23.0 Å². The van der Waals surface area contributed by atoms with Crippen molar-refractivity contribution in [1.82, 2.24) is 9.97 Å². The highest BCUT2D eigenvalue weighted by molar-refractivity contribution is 8.15. The van der Waals surface area contributed by atoms with Crippen LogP contribution in [-0.2, 0) is 10.3 Å². The van der Waals surface area contributed by atoms with Crippen LogP contribution in [0.15, 0.2) is 42.2 Å². The van der Waals surface area contributed by atoms with Gasteiger partial charge in [0.25, 0.3) is 5.91 Å². The molecule has 1 saturated carbocycles. The zero-order valence-electron chi connectivity index (χ0n) is 18.1. The van der Waals surface area contributed by atoms with Gasteiger partial charge in [0.1, 0.15) is 12.3 Å². The number of hydrogen-bond donors (Lipinski definition) is 2. The minimum Gasteiger partial charge on any atom is -0.472 e. The third-order valence-electron chi connectivity index (χ3n) is 5.78. The number of ether oxygens (including phenoxy) is 2. The summed E-state index contributed by atoms with van der Waals surface area (Å²) in [5, 5.41) is 2.83. The van der Waals surface area contributed by atoms with Crippen molar-refractivity contribution in [3.05, 3.63) is 60.1 Å². The number of amidine groups is 1. The fourth-order valence-electron chi connectivity index (χ4n) is 4.21. The third-order valence-corrected chi connectivity index (χ3v) is 7.06. The number of amides is 1. The smallest absolute Gasteiger partial charge is 0.275 e. The molecular weight excluding hydrogens is 452 g/mol. The minimum atomic E-state index is -1.11. The summed E-state index contributed by atoms with van der Waals surface area (Å²) in [4.78, 5) is 25.1. The van der Waals surface area contributed by atoms with Crippen molar-refractivity contribution >= 4 is 28.5 Å². The average molecular weight is 476 g/mol. The van der Waals surface area contributed by atoms with Gasteiger partial charge in [-0.3, -0.25) is 9.79 Å². The van der Waals surface area contributed by atoms with Crippen molar-refractivity contribution in [2.24, 2.45) is 16.6 Å². The zero-order valence-corrected chi connectivity index (χ0v) is 18.9. The summed E-state index contributed by atoms with van der Waals surface area (Å²) in [5.41, 5.74) is 5.00. The number of carbonyl (C=O) groups is 1. The molecule has 4 rings (SSSR count). The van der Waals surface area contributed by atoms with E-state index < -0.39 is 23.1 Å². The van der Waals surface area contributed by atoms with Crippen LogP contribution in [0.5, 0.6) is 5.88 Å². The maximum absolute atomic E-state index is 15.0. The Morgan fingerprint density at radius 3 is 2.85 bits per heavy atom. The first-order valence-electron chi connectivity index (χ1n) is 10.1. The SMILES string of the molecule is C=CCOc1cnc(C(=O)Nc2cc(F)c(F)c([C@@]3(C)N=C(N)S[C@@]4(COC)C[C@H]43)c2)cn1. The molecular formula is C22H23F2N5O3S. The third kappa shape index (κ3) is 4.30. The van der Waals surface area contributed by atoms with Crippen LogP contribution in [-0.4, -0.2) is 46.1 Å². The quantitative estimate of drug-likeness (QED) is 0.564. The van der Waals surface area contributed by atoms with Crippen LogP contribution < -0.4 is 15.8 Å². The molecule has 0 bridgehead atoms. The molecule has 1 aromatic carbocycles. The second-order valence-corrected chi connectivity index (χ2v) is 9.50. The molecule has 33 heavy (non-hydrogen) atoms. The van der Waals surface area contributed by atoms with Crippen molar-refractivity contribution in [3.8, 4) is 5.88 Å². The van der Waals surface area contributed by atoms with E-state index >= 15 is 0 Å². The van der Waals surface area contributed by atoms with Gasteiger partial charge < -0.3 is 20.5 Å². The first-order valence-corrected chi connectivity index (χ1v) is 10.9. The molecule has 1 aromatic heterocycles. The Morgan fingerprint density at radius 1 is 1.39 bits per heavy atom. The molecule has 1 aliphatic heterocycles. The fourth-order valence-corrected chi connectivity index (χ4v) is 5.66. The molecule has 2 heterocycles. The monoisotopic (exact) mass is 475 g/mol. The van der Waals surface area contributed by atoms with E-state index in [4.69, 9.17) is 15.2 Å². The second kappa shape index (κ2) is 8.71. The molecule has 0 saturated heterocycles. The Bertz CT molecular complexity index is 1130. The number of nitrogens with zero attached hydrogens (tertiary/aromatic N) is 3. The molecule has 1 aliphatic carbocycles. The van der Waals surface area contributed by atoms with Gasteiger partial charge in [0.05, 0.1) is 29.3 Å². The molecule has 0 spiro atoms. The number of thioether (sulfide) groups is 1. The summed E-state index contributed by atoms with van der Waals surface area (Å²) in [7, 11) is 1.58. The number of hydrogen-bond acceptors (Lipinski definition) is 8. The maximum Gasteiger partial charge on any atom is 0.275 e. The Morgan fingerprint density at radius 2 is 2.18 bits per heavy atom. The number of methoxy groups -OCH3 is 1. The molecule has 0 unspecified atom stereocenters. The molecule has 11 heteroatoms. The molecule has 174 valence electrons. The highest BCUT2D eigenvalue weighted by Gasteiger charge is 2.66. The van der Waals surface area contributed by atoms with E-state index in [0.29, 0.717) is 13.0 Å². The van der Waals surface area contributed by atoms with Crippen LogP contribution in [0.3, 0.4) is 0 Å². The Hall–Kier alpha value is -3.05. The Labute approximate surface area is 193 Å². The predicted octanol–water partition coefficient (Wildman–Crippen LogP) is 3.25. The largest absolute Gasteiger partial charge is 0.472 e. The number of aliphatic imine (C=N–C) groups is 1. The topological polar surface area (TPSA) is 112 Å². The normalized spacial score (nSPS) is 25.6. The van der Waals surface area contributed by atoms with E-state index in [-0.39, 0.29) is 45.3 Å². The number of anilines is 1. The lowest BCUT2D eigenvalue weighted by molar-refractivity contribution is 0.102. The number of halogens is 2.